The molecule has 90 valence electrons. The standard InChI is InChI=1S/C12H18ClFN2/c1-3-4-5-6-9(2)16-12-11(14)7-10(13)8-15-12/h7-9H,3-6H2,1-2H3,(H,15,16). The molecule has 1 N–H and O–H groups in total. The maximum absolute atomic E-state index is 13.4. The minimum absolute atomic E-state index is 0.231. The fourth-order valence-electron chi connectivity index (χ4n) is 1.53. The molecular formula is C12H18ClFN2. The van der Waals surface area contributed by atoms with Gasteiger partial charge < -0.3 is 5.32 Å². The van der Waals surface area contributed by atoms with Gasteiger partial charge in [0.2, 0.25) is 0 Å². The van der Waals surface area contributed by atoms with Gasteiger partial charge in [0.25, 0.3) is 0 Å². The van der Waals surface area contributed by atoms with Gasteiger partial charge in [-0.1, -0.05) is 37.8 Å². The lowest BCUT2D eigenvalue weighted by molar-refractivity contribution is 0.595. The lowest BCUT2D eigenvalue weighted by atomic mass is 10.1. The van der Waals surface area contributed by atoms with Gasteiger partial charge in [-0.3, -0.25) is 0 Å². The first-order valence-electron chi connectivity index (χ1n) is 5.71. The highest BCUT2D eigenvalue weighted by molar-refractivity contribution is 6.30. The number of anilines is 1. The van der Waals surface area contributed by atoms with Crippen molar-refractivity contribution in [2.75, 3.05) is 5.32 Å². The molecule has 0 fully saturated rings. The van der Waals surface area contributed by atoms with Crippen LogP contribution in [0.1, 0.15) is 39.5 Å². The number of hydrogen-bond donors (Lipinski definition) is 1. The van der Waals surface area contributed by atoms with Crippen LogP contribution in [0.2, 0.25) is 5.02 Å². The Morgan fingerprint density at radius 3 is 2.88 bits per heavy atom. The summed E-state index contributed by atoms with van der Waals surface area (Å²) in [5.74, 6) is -0.108. The Balaban J connectivity index is 2.46. The molecule has 0 amide bonds. The van der Waals surface area contributed by atoms with Gasteiger partial charge >= 0.3 is 0 Å². The van der Waals surface area contributed by atoms with Crippen LogP contribution in [0.25, 0.3) is 0 Å². The Hall–Kier alpha value is -0.830. The summed E-state index contributed by atoms with van der Waals surface area (Å²) in [5, 5.41) is 3.37. The summed E-state index contributed by atoms with van der Waals surface area (Å²) in [4.78, 5) is 3.93. The van der Waals surface area contributed by atoms with Gasteiger partial charge in [0.15, 0.2) is 11.6 Å². The first-order valence-corrected chi connectivity index (χ1v) is 6.09. The van der Waals surface area contributed by atoms with Crippen molar-refractivity contribution in [3.8, 4) is 0 Å². The number of aromatic nitrogens is 1. The number of nitrogens with zero attached hydrogens (tertiary/aromatic N) is 1. The molecule has 1 aromatic heterocycles. The molecule has 0 aliphatic rings. The van der Waals surface area contributed by atoms with Gasteiger partial charge in [-0.25, -0.2) is 9.37 Å². The number of unbranched alkanes of at least 4 members (excludes halogenated alkanes) is 2. The van der Waals surface area contributed by atoms with E-state index in [-0.39, 0.29) is 11.9 Å². The van der Waals surface area contributed by atoms with E-state index in [4.69, 9.17) is 11.6 Å². The molecule has 1 unspecified atom stereocenters. The van der Waals surface area contributed by atoms with Crippen LogP contribution in [0.15, 0.2) is 12.3 Å². The van der Waals surface area contributed by atoms with Crippen molar-refractivity contribution in [1.82, 2.24) is 4.98 Å². The Kier molecular flexibility index (Phi) is 5.53. The molecule has 4 heteroatoms. The predicted molar refractivity (Wildman–Crippen MR) is 66.4 cm³/mol. The highest BCUT2D eigenvalue weighted by atomic mass is 35.5. The second kappa shape index (κ2) is 6.69. The highest BCUT2D eigenvalue weighted by Gasteiger charge is 2.07. The second-order valence-electron chi connectivity index (χ2n) is 4.03. The molecule has 0 spiro atoms. The van der Waals surface area contributed by atoms with Crippen molar-refractivity contribution >= 4 is 17.4 Å². The highest BCUT2D eigenvalue weighted by Crippen LogP contribution is 2.17. The SMILES string of the molecule is CCCCCC(C)Nc1ncc(Cl)cc1F. The Bertz CT molecular complexity index is 331. The van der Waals surface area contributed by atoms with E-state index in [1.165, 1.54) is 25.1 Å². The van der Waals surface area contributed by atoms with Crippen molar-refractivity contribution < 1.29 is 4.39 Å². The summed E-state index contributed by atoms with van der Waals surface area (Å²) in [6.45, 7) is 4.20. The fourth-order valence-corrected chi connectivity index (χ4v) is 1.67. The van der Waals surface area contributed by atoms with Crippen LogP contribution in [-0.4, -0.2) is 11.0 Å². The third kappa shape index (κ3) is 4.35. The van der Waals surface area contributed by atoms with Crippen LogP contribution in [0.3, 0.4) is 0 Å². The molecule has 1 rings (SSSR count). The maximum atomic E-state index is 13.4. The number of halogens is 2. The normalized spacial score (nSPS) is 12.5. The maximum Gasteiger partial charge on any atom is 0.166 e. The first-order chi connectivity index (χ1) is 7.63. The van der Waals surface area contributed by atoms with Gasteiger partial charge in [0, 0.05) is 12.2 Å². The van der Waals surface area contributed by atoms with Crippen LogP contribution < -0.4 is 5.32 Å². The van der Waals surface area contributed by atoms with Crippen molar-refractivity contribution in [3.05, 3.63) is 23.1 Å². The molecule has 1 aromatic rings. The van der Waals surface area contributed by atoms with Crippen LogP contribution in [0.4, 0.5) is 10.2 Å². The van der Waals surface area contributed by atoms with E-state index in [0.717, 1.165) is 12.8 Å². The van der Waals surface area contributed by atoms with Crippen LogP contribution in [0.5, 0.6) is 0 Å². The summed E-state index contributed by atoms with van der Waals surface area (Å²) in [6, 6.07) is 1.50. The number of pyridine rings is 1. The third-order valence-corrected chi connectivity index (χ3v) is 2.64. The van der Waals surface area contributed by atoms with E-state index in [1.54, 1.807) is 0 Å². The molecule has 0 saturated heterocycles. The lowest BCUT2D eigenvalue weighted by Crippen LogP contribution is -2.16. The summed E-state index contributed by atoms with van der Waals surface area (Å²) in [6.07, 6.45) is 6.03. The molecule has 1 atom stereocenters. The quantitative estimate of drug-likeness (QED) is 0.757. The van der Waals surface area contributed by atoms with Gasteiger partial charge in [0.1, 0.15) is 0 Å². The molecule has 1 heterocycles. The Morgan fingerprint density at radius 1 is 1.50 bits per heavy atom. The average molecular weight is 245 g/mol. The average Bonchev–Trinajstić information content (AvgIpc) is 2.23. The van der Waals surface area contributed by atoms with E-state index in [0.29, 0.717) is 5.02 Å². The van der Waals surface area contributed by atoms with Gasteiger partial charge in [-0.15, -0.1) is 0 Å². The molecule has 0 aromatic carbocycles. The number of hydrogen-bond acceptors (Lipinski definition) is 2. The summed E-state index contributed by atoms with van der Waals surface area (Å²) >= 11 is 5.63. The summed E-state index contributed by atoms with van der Waals surface area (Å²) in [5.41, 5.74) is 0. The minimum atomic E-state index is -0.394. The topological polar surface area (TPSA) is 24.9 Å². The zero-order valence-electron chi connectivity index (χ0n) is 9.76. The van der Waals surface area contributed by atoms with Gasteiger partial charge in [-0.2, -0.15) is 0 Å². The number of rotatable bonds is 6. The molecule has 0 bridgehead atoms. The zero-order valence-corrected chi connectivity index (χ0v) is 10.5. The predicted octanol–water partition coefficient (Wildman–Crippen LogP) is 4.25. The van der Waals surface area contributed by atoms with Crippen molar-refractivity contribution in [2.24, 2.45) is 0 Å². The Morgan fingerprint density at radius 2 is 2.25 bits per heavy atom. The second-order valence-corrected chi connectivity index (χ2v) is 4.46. The van der Waals surface area contributed by atoms with Crippen molar-refractivity contribution in [3.63, 3.8) is 0 Å². The summed E-state index contributed by atoms with van der Waals surface area (Å²) in [7, 11) is 0. The monoisotopic (exact) mass is 244 g/mol. The molecule has 0 aliphatic heterocycles. The fraction of sp³-hybridized carbons (Fsp3) is 0.583. The van der Waals surface area contributed by atoms with Crippen molar-refractivity contribution in [1.29, 1.82) is 0 Å². The Labute approximate surface area is 101 Å². The van der Waals surface area contributed by atoms with Crippen LogP contribution in [0, 0.1) is 5.82 Å². The first kappa shape index (κ1) is 13.2. The van der Waals surface area contributed by atoms with E-state index >= 15 is 0 Å². The van der Waals surface area contributed by atoms with Crippen LogP contribution in [-0.2, 0) is 0 Å². The van der Waals surface area contributed by atoms with E-state index in [9.17, 15) is 4.39 Å². The molecule has 0 radical (unpaired) electrons. The smallest absolute Gasteiger partial charge is 0.166 e. The van der Waals surface area contributed by atoms with E-state index in [2.05, 4.69) is 17.2 Å². The third-order valence-electron chi connectivity index (χ3n) is 2.43. The molecule has 0 saturated carbocycles. The molecular weight excluding hydrogens is 227 g/mol. The van der Waals surface area contributed by atoms with Crippen LogP contribution >= 0.6 is 11.6 Å². The van der Waals surface area contributed by atoms with Gasteiger partial charge in [-0.05, 0) is 19.4 Å². The molecule has 0 aliphatic carbocycles. The largest absolute Gasteiger partial charge is 0.365 e. The van der Waals surface area contributed by atoms with Gasteiger partial charge in [0.05, 0.1) is 5.02 Å². The number of nitrogens with one attached hydrogen (secondary N) is 1. The lowest BCUT2D eigenvalue weighted by Gasteiger charge is -2.14. The van der Waals surface area contributed by atoms with E-state index in [1.807, 2.05) is 6.92 Å². The minimum Gasteiger partial charge on any atom is -0.365 e. The molecule has 16 heavy (non-hydrogen) atoms. The zero-order chi connectivity index (χ0) is 12.0. The molecule has 2 nitrogen and oxygen atoms in total. The van der Waals surface area contributed by atoms with Crippen molar-refractivity contribution in [2.45, 2.75) is 45.6 Å². The van der Waals surface area contributed by atoms with E-state index < -0.39 is 5.82 Å². The summed E-state index contributed by atoms with van der Waals surface area (Å²) < 4.78 is 13.4.